The first-order valence-electron chi connectivity index (χ1n) is 6.85. The molecule has 3 nitrogen and oxygen atoms in total. The van der Waals surface area contributed by atoms with Crippen molar-refractivity contribution in [3.05, 3.63) is 65.2 Å². The molecule has 0 aromatic heterocycles. The highest BCUT2D eigenvalue weighted by molar-refractivity contribution is 6.30. The number of hydrazone groups is 1. The van der Waals surface area contributed by atoms with E-state index < -0.39 is 0 Å². The third kappa shape index (κ3) is 2.91. The summed E-state index contributed by atoms with van der Waals surface area (Å²) in [5.74, 6) is 0. The van der Waals surface area contributed by atoms with Gasteiger partial charge in [-0.2, -0.15) is 10.4 Å². The Morgan fingerprint density at radius 2 is 1.81 bits per heavy atom. The Morgan fingerprint density at radius 1 is 1.10 bits per heavy atom. The van der Waals surface area contributed by atoms with E-state index in [0.717, 1.165) is 29.8 Å². The molecule has 21 heavy (non-hydrogen) atoms. The summed E-state index contributed by atoms with van der Waals surface area (Å²) in [7, 11) is 0. The first-order chi connectivity index (χ1) is 10.3. The predicted octanol–water partition coefficient (Wildman–Crippen LogP) is 4.24. The van der Waals surface area contributed by atoms with Crippen LogP contribution in [0.5, 0.6) is 0 Å². The van der Waals surface area contributed by atoms with Gasteiger partial charge in [0.2, 0.25) is 0 Å². The molecule has 0 aliphatic carbocycles. The van der Waals surface area contributed by atoms with Crippen molar-refractivity contribution in [3.63, 3.8) is 0 Å². The minimum atomic E-state index is -0.219. The molecule has 0 saturated heterocycles. The van der Waals surface area contributed by atoms with E-state index >= 15 is 0 Å². The Balaban J connectivity index is 1.98. The van der Waals surface area contributed by atoms with Crippen LogP contribution in [0.2, 0.25) is 5.02 Å². The van der Waals surface area contributed by atoms with Gasteiger partial charge >= 0.3 is 0 Å². The number of anilines is 1. The van der Waals surface area contributed by atoms with E-state index in [1.165, 1.54) is 0 Å². The Hall–Kier alpha value is -2.31. The predicted molar refractivity (Wildman–Crippen MR) is 85.5 cm³/mol. The first kappa shape index (κ1) is 13.7. The highest BCUT2D eigenvalue weighted by Crippen LogP contribution is 2.25. The van der Waals surface area contributed by atoms with Crippen LogP contribution in [-0.4, -0.2) is 11.8 Å². The van der Waals surface area contributed by atoms with Gasteiger partial charge in [0.15, 0.2) is 0 Å². The van der Waals surface area contributed by atoms with Gasteiger partial charge < -0.3 is 0 Å². The molecule has 1 atom stereocenters. The quantitative estimate of drug-likeness (QED) is 0.831. The van der Waals surface area contributed by atoms with Gasteiger partial charge in [-0.05, 0) is 42.7 Å². The van der Waals surface area contributed by atoms with Crippen molar-refractivity contribution in [1.29, 1.82) is 5.26 Å². The molecule has 2 aromatic carbocycles. The molecular formula is C17H14ClN3. The number of nitriles is 1. The lowest BCUT2D eigenvalue weighted by molar-refractivity contribution is 0.649. The zero-order valence-corrected chi connectivity index (χ0v) is 12.2. The fourth-order valence-corrected chi connectivity index (χ4v) is 2.55. The van der Waals surface area contributed by atoms with Crippen molar-refractivity contribution in [3.8, 4) is 6.07 Å². The first-order valence-corrected chi connectivity index (χ1v) is 7.23. The van der Waals surface area contributed by atoms with Crippen LogP contribution < -0.4 is 5.01 Å². The molecule has 0 amide bonds. The number of nitrogens with zero attached hydrogens (tertiary/aromatic N) is 3. The van der Waals surface area contributed by atoms with Gasteiger partial charge in [-0.1, -0.05) is 41.9 Å². The molecule has 0 N–H and O–H groups in total. The SMILES string of the molecule is N#CC1CCC(c2ccc(Cl)cc2)=NN1c1ccccc1. The molecule has 1 unspecified atom stereocenters. The van der Waals surface area contributed by atoms with E-state index in [1.807, 2.05) is 59.6 Å². The number of rotatable bonds is 2. The maximum absolute atomic E-state index is 9.34. The van der Waals surface area contributed by atoms with Gasteiger partial charge in [-0.15, -0.1) is 0 Å². The second-order valence-corrected chi connectivity index (χ2v) is 5.35. The summed E-state index contributed by atoms with van der Waals surface area (Å²) in [5, 5.41) is 16.6. The van der Waals surface area contributed by atoms with Crippen LogP contribution >= 0.6 is 11.6 Å². The fourth-order valence-electron chi connectivity index (χ4n) is 2.43. The molecule has 0 fully saturated rings. The maximum Gasteiger partial charge on any atom is 0.139 e. The van der Waals surface area contributed by atoms with Crippen molar-refractivity contribution in [2.75, 3.05) is 5.01 Å². The third-order valence-electron chi connectivity index (χ3n) is 3.53. The standard InChI is InChI=1S/C17H14ClN3/c18-14-8-6-13(7-9-14)17-11-10-16(12-19)21(20-17)15-4-2-1-3-5-15/h1-9,16H,10-11H2. The van der Waals surface area contributed by atoms with Gasteiger partial charge in [0.1, 0.15) is 6.04 Å². The van der Waals surface area contributed by atoms with Gasteiger partial charge in [0, 0.05) is 5.02 Å². The van der Waals surface area contributed by atoms with Crippen LogP contribution in [0, 0.1) is 11.3 Å². The van der Waals surface area contributed by atoms with Crippen LogP contribution in [0.1, 0.15) is 18.4 Å². The van der Waals surface area contributed by atoms with Crippen LogP contribution in [-0.2, 0) is 0 Å². The topological polar surface area (TPSA) is 39.4 Å². The Labute approximate surface area is 129 Å². The summed E-state index contributed by atoms with van der Waals surface area (Å²) in [6, 6.07) is 19.6. The fraction of sp³-hybridized carbons (Fsp3) is 0.176. The van der Waals surface area contributed by atoms with Crippen molar-refractivity contribution < 1.29 is 0 Å². The molecular weight excluding hydrogens is 282 g/mol. The molecule has 0 saturated carbocycles. The molecule has 104 valence electrons. The smallest absolute Gasteiger partial charge is 0.139 e. The van der Waals surface area contributed by atoms with Gasteiger partial charge in [0.25, 0.3) is 0 Å². The highest BCUT2D eigenvalue weighted by Gasteiger charge is 2.24. The minimum absolute atomic E-state index is 0.219. The van der Waals surface area contributed by atoms with Crippen molar-refractivity contribution in [2.24, 2.45) is 5.10 Å². The van der Waals surface area contributed by atoms with Crippen molar-refractivity contribution in [1.82, 2.24) is 0 Å². The van der Waals surface area contributed by atoms with Crippen LogP contribution in [0.15, 0.2) is 59.7 Å². The summed E-state index contributed by atoms with van der Waals surface area (Å²) in [6.07, 6.45) is 1.57. The molecule has 1 heterocycles. The summed E-state index contributed by atoms with van der Waals surface area (Å²) >= 11 is 5.93. The molecule has 2 aromatic rings. The normalized spacial score (nSPS) is 18.0. The molecule has 0 bridgehead atoms. The average molecular weight is 296 g/mol. The van der Waals surface area contributed by atoms with Crippen molar-refractivity contribution >= 4 is 23.0 Å². The second-order valence-electron chi connectivity index (χ2n) is 4.92. The van der Waals surface area contributed by atoms with E-state index in [4.69, 9.17) is 11.6 Å². The Morgan fingerprint density at radius 3 is 2.48 bits per heavy atom. The summed E-state index contributed by atoms with van der Waals surface area (Å²) < 4.78 is 0. The largest absolute Gasteiger partial charge is 0.248 e. The summed E-state index contributed by atoms with van der Waals surface area (Å²) in [4.78, 5) is 0. The molecule has 4 heteroatoms. The maximum atomic E-state index is 9.34. The Bertz CT molecular complexity index is 686. The van der Waals surface area contributed by atoms with Crippen LogP contribution in [0.4, 0.5) is 5.69 Å². The lowest BCUT2D eigenvalue weighted by Crippen LogP contribution is -2.35. The average Bonchev–Trinajstić information content (AvgIpc) is 2.56. The minimum Gasteiger partial charge on any atom is -0.248 e. The summed E-state index contributed by atoms with van der Waals surface area (Å²) in [5.41, 5.74) is 2.98. The monoisotopic (exact) mass is 295 g/mol. The number of benzene rings is 2. The zero-order valence-electron chi connectivity index (χ0n) is 11.4. The number of hydrogen-bond donors (Lipinski definition) is 0. The van der Waals surface area contributed by atoms with E-state index in [0.29, 0.717) is 5.02 Å². The lowest BCUT2D eigenvalue weighted by Gasteiger charge is -2.29. The van der Waals surface area contributed by atoms with E-state index in [2.05, 4.69) is 11.2 Å². The second kappa shape index (κ2) is 5.99. The molecule has 0 radical (unpaired) electrons. The zero-order chi connectivity index (χ0) is 14.7. The van der Waals surface area contributed by atoms with Gasteiger partial charge in [0.05, 0.1) is 17.5 Å². The van der Waals surface area contributed by atoms with Gasteiger partial charge in [-0.3, -0.25) is 0 Å². The number of halogens is 1. The molecule has 1 aliphatic heterocycles. The molecule has 3 rings (SSSR count). The Kier molecular flexibility index (Phi) is 3.89. The van der Waals surface area contributed by atoms with Gasteiger partial charge in [-0.25, -0.2) is 5.01 Å². The van der Waals surface area contributed by atoms with E-state index in [1.54, 1.807) is 0 Å². The van der Waals surface area contributed by atoms with E-state index in [9.17, 15) is 5.26 Å². The molecule has 0 spiro atoms. The number of hydrogen-bond acceptors (Lipinski definition) is 3. The highest BCUT2D eigenvalue weighted by atomic mass is 35.5. The summed E-state index contributed by atoms with van der Waals surface area (Å²) in [6.45, 7) is 0. The lowest BCUT2D eigenvalue weighted by atomic mass is 10.0. The van der Waals surface area contributed by atoms with Crippen LogP contribution in [0.3, 0.4) is 0 Å². The number of para-hydroxylation sites is 1. The van der Waals surface area contributed by atoms with Crippen LogP contribution in [0.25, 0.3) is 0 Å². The van der Waals surface area contributed by atoms with Crippen molar-refractivity contribution in [2.45, 2.75) is 18.9 Å². The molecule has 1 aliphatic rings. The van der Waals surface area contributed by atoms with E-state index in [-0.39, 0.29) is 6.04 Å². The third-order valence-corrected chi connectivity index (χ3v) is 3.78.